The first-order chi connectivity index (χ1) is 7.13. The average molecular weight is 226 g/mol. The highest BCUT2D eigenvalue weighted by atomic mass is 32.1. The van der Waals surface area contributed by atoms with Crippen molar-refractivity contribution in [3.05, 3.63) is 22.4 Å². The first-order valence-corrected chi connectivity index (χ1v) is 6.09. The summed E-state index contributed by atoms with van der Waals surface area (Å²) < 4.78 is 0. The van der Waals surface area contributed by atoms with Crippen molar-refractivity contribution in [2.24, 2.45) is 5.73 Å². The molecule has 1 amide bonds. The summed E-state index contributed by atoms with van der Waals surface area (Å²) in [5.74, 6) is -0.254. The molecule has 0 radical (unpaired) electrons. The third kappa shape index (κ3) is 4.01. The van der Waals surface area contributed by atoms with Gasteiger partial charge in [0, 0.05) is 23.4 Å². The van der Waals surface area contributed by atoms with E-state index < -0.39 is 0 Å². The van der Waals surface area contributed by atoms with Crippen LogP contribution in [-0.4, -0.2) is 11.9 Å². The van der Waals surface area contributed by atoms with Crippen molar-refractivity contribution in [3.63, 3.8) is 0 Å². The van der Waals surface area contributed by atoms with Crippen molar-refractivity contribution in [3.8, 4) is 0 Å². The Hall–Kier alpha value is -0.870. The third-order valence-electron chi connectivity index (χ3n) is 2.29. The van der Waals surface area contributed by atoms with Crippen LogP contribution in [0, 0.1) is 0 Å². The molecule has 0 aliphatic rings. The molecule has 0 aliphatic carbocycles. The maximum Gasteiger partial charge on any atom is 0.218 e. The molecule has 15 heavy (non-hydrogen) atoms. The van der Waals surface area contributed by atoms with Crippen LogP contribution in [0.2, 0.25) is 0 Å². The monoisotopic (exact) mass is 226 g/mol. The first kappa shape index (κ1) is 12.2. The molecule has 0 saturated carbocycles. The number of rotatable bonds is 6. The molecule has 0 aliphatic heterocycles. The van der Waals surface area contributed by atoms with Crippen LogP contribution in [0.4, 0.5) is 0 Å². The highest BCUT2D eigenvalue weighted by molar-refractivity contribution is 7.10. The van der Waals surface area contributed by atoms with Crippen molar-refractivity contribution < 1.29 is 4.79 Å². The molecule has 2 unspecified atom stereocenters. The van der Waals surface area contributed by atoms with Crippen LogP contribution in [0.15, 0.2) is 17.5 Å². The second kappa shape index (κ2) is 5.88. The lowest BCUT2D eigenvalue weighted by atomic mass is 10.1. The van der Waals surface area contributed by atoms with E-state index in [1.165, 1.54) is 4.88 Å². The van der Waals surface area contributed by atoms with E-state index in [4.69, 9.17) is 5.73 Å². The summed E-state index contributed by atoms with van der Waals surface area (Å²) in [6.45, 7) is 4.12. The number of nitrogens with one attached hydrogen (secondary N) is 1. The van der Waals surface area contributed by atoms with Gasteiger partial charge in [-0.1, -0.05) is 13.0 Å². The van der Waals surface area contributed by atoms with Gasteiger partial charge in [0.15, 0.2) is 0 Å². The van der Waals surface area contributed by atoms with E-state index in [-0.39, 0.29) is 11.9 Å². The molecule has 0 saturated heterocycles. The molecule has 3 N–H and O–H groups in total. The normalized spacial score (nSPS) is 14.8. The molecule has 3 nitrogen and oxygen atoms in total. The molecule has 1 heterocycles. The van der Waals surface area contributed by atoms with Gasteiger partial charge in [-0.15, -0.1) is 11.3 Å². The Morgan fingerprint density at radius 2 is 2.40 bits per heavy atom. The minimum Gasteiger partial charge on any atom is -0.370 e. The molecular weight excluding hydrogens is 208 g/mol. The number of hydrogen-bond donors (Lipinski definition) is 2. The SMILES string of the molecule is CCC(NC(C)CC(N)=O)c1cccs1. The van der Waals surface area contributed by atoms with Gasteiger partial charge in [-0.05, 0) is 24.8 Å². The maximum absolute atomic E-state index is 10.8. The van der Waals surface area contributed by atoms with Crippen molar-refractivity contribution >= 4 is 17.2 Å². The molecule has 0 bridgehead atoms. The summed E-state index contributed by atoms with van der Waals surface area (Å²) in [4.78, 5) is 12.1. The smallest absolute Gasteiger partial charge is 0.218 e. The van der Waals surface area contributed by atoms with Gasteiger partial charge in [0.1, 0.15) is 0 Å². The number of thiophene rings is 1. The topological polar surface area (TPSA) is 55.1 Å². The molecule has 1 aromatic rings. The summed E-state index contributed by atoms with van der Waals surface area (Å²) in [5.41, 5.74) is 5.15. The van der Waals surface area contributed by atoms with Crippen LogP contribution in [0.3, 0.4) is 0 Å². The standard InChI is InChI=1S/C11H18N2OS/c1-3-9(10-5-4-6-15-10)13-8(2)7-11(12)14/h4-6,8-9,13H,3,7H2,1-2H3,(H2,12,14). The zero-order chi connectivity index (χ0) is 11.3. The minimum atomic E-state index is -0.254. The largest absolute Gasteiger partial charge is 0.370 e. The zero-order valence-electron chi connectivity index (χ0n) is 9.19. The number of primary amides is 1. The molecule has 1 rings (SSSR count). The lowest BCUT2D eigenvalue weighted by molar-refractivity contribution is -0.118. The first-order valence-electron chi connectivity index (χ1n) is 5.21. The fourth-order valence-corrected chi connectivity index (χ4v) is 2.47. The Labute approximate surface area is 94.7 Å². The van der Waals surface area contributed by atoms with Gasteiger partial charge in [0.2, 0.25) is 5.91 Å². The van der Waals surface area contributed by atoms with E-state index in [2.05, 4.69) is 23.7 Å². The Kier molecular flexibility index (Phi) is 4.78. The van der Waals surface area contributed by atoms with Gasteiger partial charge in [-0.2, -0.15) is 0 Å². The Morgan fingerprint density at radius 1 is 1.67 bits per heavy atom. The van der Waals surface area contributed by atoms with Crippen LogP contribution in [0.25, 0.3) is 0 Å². The molecule has 2 atom stereocenters. The summed E-state index contributed by atoms with van der Waals surface area (Å²) in [5, 5.41) is 5.48. The predicted molar refractivity (Wildman–Crippen MR) is 63.8 cm³/mol. The van der Waals surface area contributed by atoms with Crippen molar-refractivity contribution in [1.82, 2.24) is 5.32 Å². The van der Waals surface area contributed by atoms with E-state index >= 15 is 0 Å². The van der Waals surface area contributed by atoms with Crippen molar-refractivity contribution in [2.45, 2.75) is 38.8 Å². The van der Waals surface area contributed by atoms with Crippen molar-refractivity contribution in [1.29, 1.82) is 0 Å². The number of carbonyl (C=O) groups is 1. The minimum absolute atomic E-state index is 0.134. The highest BCUT2D eigenvalue weighted by Crippen LogP contribution is 2.22. The van der Waals surface area contributed by atoms with Gasteiger partial charge >= 0.3 is 0 Å². The number of amides is 1. The quantitative estimate of drug-likeness (QED) is 0.780. The molecule has 0 fully saturated rings. The number of hydrogen-bond acceptors (Lipinski definition) is 3. The predicted octanol–water partition coefficient (Wildman–Crippen LogP) is 2.05. The van der Waals surface area contributed by atoms with Gasteiger partial charge in [0.05, 0.1) is 0 Å². The maximum atomic E-state index is 10.8. The van der Waals surface area contributed by atoms with E-state index in [0.29, 0.717) is 12.5 Å². The Morgan fingerprint density at radius 3 is 2.87 bits per heavy atom. The highest BCUT2D eigenvalue weighted by Gasteiger charge is 2.14. The van der Waals surface area contributed by atoms with E-state index in [1.807, 2.05) is 13.0 Å². The summed E-state index contributed by atoms with van der Waals surface area (Å²) in [6, 6.07) is 4.63. The van der Waals surface area contributed by atoms with Gasteiger partial charge in [-0.3, -0.25) is 4.79 Å². The van der Waals surface area contributed by atoms with Gasteiger partial charge in [-0.25, -0.2) is 0 Å². The Bertz CT molecular complexity index is 298. The van der Waals surface area contributed by atoms with Crippen LogP contribution in [-0.2, 0) is 4.79 Å². The fraction of sp³-hybridized carbons (Fsp3) is 0.545. The average Bonchev–Trinajstić information content (AvgIpc) is 2.65. The second-order valence-corrected chi connectivity index (χ2v) is 4.69. The molecule has 4 heteroatoms. The third-order valence-corrected chi connectivity index (χ3v) is 3.27. The second-order valence-electron chi connectivity index (χ2n) is 3.71. The number of carbonyl (C=O) groups excluding carboxylic acids is 1. The molecule has 1 aromatic heterocycles. The Balaban J connectivity index is 2.50. The van der Waals surface area contributed by atoms with E-state index in [0.717, 1.165) is 6.42 Å². The summed E-state index contributed by atoms with van der Waals surface area (Å²) in [6.07, 6.45) is 1.41. The van der Waals surface area contributed by atoms with Gasteiger partial charge < -0.3 is 11.1 Å². The lowest BCUT2D eigenvalue weighted by Crippen LogP contribution is -2.33. The van der Waals surface area contributed by atoms with Crippen LogP contribution in [0.1, 0.15) is 37.6 Å². The van der Waals surface area contributed by atoms with Crippen LogP contribution >= 0.6 is 11.3 Å². The number of nitrogens with two attached hydrogens (primary N) is 1. The molecule has 84 valence electrons. The van der Waals surface area contributed by atoms with E-state index in [1.54, 1.807) is 11.3 Å². The summed E-state index contributed by atoms with van der Waals surface area (Å²) >= 11 is 1.74. The zero-order valence-corrected chi connectivity index (χ0v) is 10.0. The lowest BCUT2D eigenvalue weighted by Gasteiger charge is -2.20. The van der Waals surface area contributed by atoms with Crippen LogP contribution in [0.5, 0.6) is 0 Å². The summed E-state index contributed by atoms with van der Waals surface area (Å²) in [7, 11) is 0. The molecular formula is C11H18N2OS. The van der Waals surface area contributed by atoms with E-state index in [9.17, 15) is 4.79 Å². The van der Waals surface area contributed by atoms with Crippen LogP contribution < -0.4 is 11.1 Å². The van der Waals surface area contributed by atoms with Gasteiger partial charge in [0.25, 0.3) is 0 Å². The fourth-order valence-electron chi connectivity index (χ4n) is 1.59. The molecule has 0 spiro atoms. The van der Waals surface area contributed by atoms with Crippen molar-refractivity contribution in [2.75, 3.05) is 0 Å². The molecule has 0 aromatic carbocycles.